The molecule has 1 aliphatic rings. The van der Waals surface area contributed by atoms with Gasteiger partial charge in [0.25, 0.3) is 6.47 Å². The topological polar surface area (TPSA) is 65.1 Å². The number of ether oxygens (including phenoxy) is 3. The van der Waals surface area contributed by atoms with Crippen LogP contribution < -0.4 is 4.74 Å². The van der Waals surface area contributed by atoms with Crippen LogP contribution in [0, 0.1) is 5.92 Å². The van der Waals surface area contributed by atoms with Gasteiger partial charge in [0, 0.05) is 18.5 Å². The quantitative estimate of drug-likeness (QED) is 0.748. The van der Waals surface area contributed by atoms with Crippen molar-refractivity contribution >= 4 is 12.6 Å². The molecule has 6 heteroatoms. The van der Waals surface area contributed by atoms with Gasteiger partial charge in [0.1, 0.15) is 11.4 Å². The zero-order valence-electron chi connectivity index (χ0n) is 16.2. The third-order valence-electron chi connectivity index (χ3n) is 4.68. The lowest BCUT2D eigenvalue weighted by molar-refractivity contribution is -0.130. The molecule has 1 aliphatic heterocycles. The normalized spacial score (nSPS) is 23.3. The Balaban J connectivity index is 2.19. The van der Waals surface area contributed by atoms with Crippen LogP contribution in [0.25, 0.3) is 0 Å². The van der Waals surface area contributed by atoms with Gasteiger partial charge in [-0.05, 0) is 57.7 Å². The summed E-state index contributed by atoms with van der Waals surface area (Å²) in [5, 5.41) is 0. The lowest BCUT2D eigenvalue weighted by Crippen LogP contribution is -2.50. The zero-order valence-corrected chi connectivity index (χ0v) is 16.2. The number of nitrogens with zero attached hydrogens (tertiary/aromatic N) is 1. The van der Waals surface area contributed by atoms with E-state index in [2.05, 4.69) is 0 Å². The predicted molar refractivity (Wildman–Crippen MR) is 98.3 cm³/mol. The van der Waals surface area contributed by atoms with Crippen LogP contribution >= 0.6 is 0 Å². The first-order chi connectivity index (χ1) is 12.2. The molecular weight excluding hydrogens is 334 g/mol. The summed E-state index contributed by atoms with van der Waals surface area (Å²) in [7, 11) is 1.64. The fourth-order valence-electron chi connectivity index (χ4n) is 3.41. The number of hydrogen-bond donors (Lipinski definition) is 0. The number of carbonyl (C=O) groups excluding carboxylic acids is 2. The van der Waals surface area contributed by atoms with Gasteiger partial charge in [-0.25, -0.2) is 4.79 Å². The number of likely N-dealkylation sites (tertiary alicyclic amines) is 1. The van der Waals surface area contributed by atoms with E-state index in [1.54, 1.807) is 12.0 Å². The Morgan fingerprint density at radius 3 is 2.46 bits per heavy atom. The van der Waals surface area contributed by atoms with E-state index in [0.717, 1.165) is 17.7 Å². The van der Waals surface area contributed by atoms with Gasteiger partial charge in [0.05, 0.1) is 13.7 Å². The Labute approximate surface area is 155 Å². The van der Waals surface area contributed by atoms with Crippen LogP contribution in [-0.4, -0.2) is 49.4 Å². The second-order valence-corrected chi connectivity index (χ2v) is 7.79. The van der Waals surface area contributed by atoms with Crippen LogP contribution in [0.5, 0.6) is 5.75 Å². The number of hydrogen-bond acceptors (Lipinski definition) is 5. The van der Waals surface area contributed by atoms with Crippen molar-refractivity contribution in [2.75, 3.05) is 20.3 Å². The van der Waals surface area contributed by atoms with Crippen molar-refractivity contribution in [3.8, 4) is 5.75 Å². The second kappa shape index (κ2) is 8.43. The average Bonchev–Trinajstić information content (AvgIpc) is 2.59. The van der Waals surface area contributed by atoms with Crippen molar-refractivity contribution in [3.05, 3.63) is 29.8 Å². The van der Waals surface area contributed by atoms with Gasteiger partial charge in [0.15, 0.2) is 0 Å². The van der Waals surface area contributed by atoms with Crippen molar-refractivity contribution in [3.63, 3.8) is 0 Å². The minimum Gasteiger partial charge on any atom is -0.497 e. The van der Waals surface area contributed by atoms with Gasteiger partial charge in [-0.15, -0.1) is 0 Å². The summed E-state index contributed by atoms with van der Waals surface area (Å²) in [5.74, 6) is 1.00. The van der Waals surface area contributed by atoms with E-state index in [1.165, 1.54) is 0 Å². The number of rotatable bonds is 5. The van der Waals surface area contributed by atoms with E-state index >= 15 is 0 Å². The number of benzene rings is 1. The maximum Gasteiger partial charge on any atom is 0.410 e. The van der Waals surface area contributed by atoms with Gasteiger partial charge in [0.2, 0.25) is 0 Å². The molecule has 1 saturated heterocycles. The highest BCUT2D eigenvalue weighted by molar-refractivity contribution is 5.68. The summed E-state index contributed by atoms with van der Waals surface area (Å²) >= 11 is 0. The van der Waals surface area contributed by atoms with Crippen molar-refractivity contribution in [1.82, 2.24) is 4.90 Å². The lowest BCUT2D eigenvalue weighted by Gasteiger charge is -2.43. The highest BCUT2D eigenvalue weighted by Crippen LogP contribution is 2.37. The Bertz CT molecular complexity index is 608. The van der Waals surface area contributed by atoms with E-state index in [4.69, 9.17) is 14.2 Å². The summed E-state index contributed by atoms with van der Waals surface area (Å²) in [4.78, 5) is 25.0. The average molecular weight is 363 g/mol. The van der Waals surface area contributed by atoms with Crippen LogP contribution in [0.4, 0.5) is 4.79 Å². The van der Waals surface area contributed by atoms with E-state index in [0.29, 0.717) is 13.0 Å². The molecule has 1 amide bonds. The fraction of sp³-hybridized carbons (Fsp3) is 0.600. The van der Waals surface area contributed by atoms with Gasteiger partial charge in [-0.1, -0.05) is 12.1 Å². The molecule has 144 valence electrons. The molecule has 2 rings (SSSR count). The number of methoxy groups -OCH3 is 1. The molecule has 0 bridgehead atoms. The standard InChI is InChI=1S/C20H29NO5/c1-14-10-18(15-6-8-17(24-5)9-7-15)16(12-25-13-22)11-21(14)19(23)26-20(2,3)4/h6-9,13-14,16,18H,10-12H2,1-5H3/t14-,16-,18+/m1/s1. The number of amides is 1. The molecule has 1 aromatic carbocycles. The summed E-state index contributed by atoms with van der Waals surface area (Å²) in [6.07, 6.45) is 0.452. The van der Waals surface area contributed by atoms with Gasteiger partial charge >= 0.3 is 6.09 Å². The first-order valence-corrected chi connectivity index (χ1v) is 8.94. The molecule has 0 radical (unpaired) electrons. The molecule has 0 N–H and O–H groups in total. The largest absolute Gasteiger partial charge is 0.497 e. The minimum absolute atomic E-state index is 0.0114. The first-order valence-electron chi connectivity index (χ1n) is 8.94. The Morgan fingerprint density at radius 2 is 1.92 bits per heavy atom. The third-order valence-corrected chi connectivity index (χ3v) is 4.68. The molecule has 1 fully saturated rings. The van der Waals surface area contributed by atoms with Crippen molar-refractivity contribution in [2.45, 2.75) is 51.7 Å². The molecule has 3 atom stereocenters. The molecule has 0 saturated carbocycles. The lowest BCUT2D eigenvalue weighted by atomic mass is 9.78. The Hall–Kier alpha value is -2.24. The zero-order chi connectivity index (χ0) is 19.3. The molecule has 26 heavy (non-hydrogen) atoms. The molecular formula is C20H29NO5. The summed E-state index contributed by atoms with van der Waals surface area (Å²) in [6.45, 7) is 8.80. The summed E-state index contributed by atoms with van der Waals surface area (Å²) in [6, 6.07) is 7.96. The summed E-state index contributed by atoms with van der Waals surface area (Å²) < 4.78 is 15.8. The second-order valence-electron chi connectivity index (χ2n) is 7.79. The van der Waals surface area contributed by atoms with Crippen molar-refractivity contribution < 1.29 is 23.8 Å². The molecule has 0 spiro atoms. The minimum atomic E-state index is -0.543. The SMILES string of the molecule is COc1ccc([C@@H]2C[C@@H](C)N(C(=O)OC(C)(C)C)C[C@@H]2COC=O)cc1. The van der Waals surface area contributed by atoms with Crippen LogP contribution in [-0.2, 0) is 14.3 Å². The molecule has 0 unspecified atom stereocenters. The van der Waals surface area contributed by atoms with Crippen LogP contribution in [0.1, 0.15) is 45.6 Å². The van der Waals surface area contributed by atoms with E-state index in [-0.39, 0.29) is 30.6 Å². The highest BCUT2D eigenvalue weighted by atomic mass is 16.6. The molecule has 1 heterocycles. The van der Waals surface area contributed by atoms with Crippen molar-refractivity contribution in [1.29, 1.82) is 0 Å². The monoisotopic (exact) mass is 363 g/mol. The Morgan fingerprint density at radius 1 is 1.27 bits per heavy atom. The summed E-state index contributed by atoms with van der Waals surface area (Å²) in [5.41, 5.74) is 0.610. The van der Waals surface area contributed by atoms with Gasteiger partial charge in [-0.2, -0.15) is 0 Å². The van der Waals surface area contributed by atoms with Crippen LogP contribution in [0.3, 0.4) is 0 Å². The fourth-order valence-corrected chi connectivity index (χ4v) is 3.41. The van der Waals surface area contributed by atoms with E-state index in [1.807, 2.05) is 52.0 Å². The number of piperidine rings is 1. The predicted octanol–water partition coefficient (Wildman–Crippen LogP) is 3.60. The van der Waals surface area contributed by atoms with Gasteiger partial charge in [-0.3, -0.25) is 4.79 Å². The molecule has 0 aromatic heterocycles. The smallest absolute Gasteiger partial charge is 0.410 e. The number of carbonyl (C=O) groups is 2. The van der Waals surface area contributed by atoms with E-state index < -0.39 is 5.60 Å². The highest BCUT2D eigenvalue weighted by Gasteiger charge is 2.38. The Kier molecular flexibility index (Phi) is 6.51. The van der Waals surface area contributed by atoms with Gasteiger partial charge < -0.3 is 19.1 Å². The molecule has 0 aliphatic carbocycles. The van der Waals surface area contributed by atoms with Crippen LogP contribution in [0.2, 0.25) is 0 Å². The maximum absolute atomic E-state index is 12.5. The van der Waals surface area contributed by atoms with E-state index in [9.17, 15) is 9.59 Å². The maximum atomic E-state index is 12.5. The van der Waals surface area contributed by atoms with Crippen LogP contribution in [0.15, 0.2) is 24.3 Å². The third kappa shape index (κ3) is 5.13. The molecule has 1 aromatic rings. The van der Waals surface area contributed by atoms with Crippen molar-refractivity contribution in [2.24, 2.45) is 5.92 Å². The first kappa shape index (κ1) is 20.1. The molecule has 6 nitrogen and oxygen atoms in total.